The van der Waals surface area contributed by atoms with Gasteiger partial charge in [0.15, 0.2) is 0 Å². The first-order valence-electron chi connectivity index (χ1n) is 6.15. The molecule has 2 N–H and O–H groups in total. The standard InChI is InChI=1S/C14H20IN/c1-3-14(4-2)11(9-13(14)16)10-7-5-6-8-12(10)15/h5-8,11,13H,3-4,9,16H2,1-2H3. The summed E-state index contributed by atoms with van der Waals surface area (Å²) in [5.74, 6) is 0.672. The molecule has 0 aliphatic heterocycles. The summed E-state index contributed by atoms with van der Waals surface area (Å²) >= 11 is 2.45. The Morgan fingerprint density at radius 3 is 2.44 bits per heavy atom. The van der Waals surface area contributed by atoms with Gasteiger partial charge < -0.3 is 5.73 Å². The fourth-order valence-corrected chi connectivity index (χ4v) is 4.05. The first kappa shape index (κ1) is 12.4. The molecule has 2 atom stereocenters. The zero-order valence-electron chi connectivity index (χ0n) is 10.0. The van der Waals surface area contributed by atoms with Crippen LogP contribution < -0.4 is 5.73 Å². The maximum Gasteiger partial charge on any atom is 0.0165 e. The highest BCUT2D eigenvalue weighted by Gasteiger charge is 2.51. The van der Waals surface area contributed by atoms with Crippen LogP contribution in [0.5, 0.6) is 0 Å². The molecule has 0 amide bonds. The molecule has 2 unspecified atom stereocenters. The van der Waals surface area contributed by atoms with E-state index < -0.39 is 0 Å². The fraction of sp³-hybridized carbons (Fsp3) is 0.571. The van der Waals surface area contributed by atoms with Crippen molar-refractivity contribution in [2.24, 2.45) is 11.1 Å². The molecule has 1 aromatic carbocycles. The van der Waals surface area contributed by atoms with Crippen LogP contribution in [0.2, 0.25) is 0 Å². The van der Waals surface area contributed by atoms with Crippen LogP contribution in [0.1, 0.15) is 44.6 Å². The number of nitrogens with two attached hydrogens (primary N) is 1. The highest BCUT2D eigenvalue weighted by atomic mass is 127. The van der Waals surface area contributed by atoms with Crippen LogP contribution in [0, 0.1) is 8.99 Å². The lowest BCUT2D eigenvalue weighted by molar-refractivity contribution is 0.0433. The molecular formula is C14H20IN. The number of halogens is 1. The highest BCUT2D eigenvalue weighted by molar-refractivity contribution is 14.1. The van der Waals surface area contributed by atoms with E-state index in [-0.39, 0.29) is 0 Å². The molecule has 0 aromatic heterocycles. The minimum absolute atomic E-state index is 0.348. The molecule has 0 bridgehead atoms. The van der Waals surface area contributed by atoms with Crippen LogP contribution in [-0.4, -0.2) is 6.04 Å². The predicted octanol–water partition coefficient (Wildman–Crippen LogP) is 3.91. The normalized spacial score (nSPS) is 27.5. The third-order valence-corrected chi connectivity index (χ3v) is 5.50. The van der Waals surface area contributed by atoms with Crippen molar-refractivity contribution < 1.29 is 0 Å². The Morgan fingerprint density at radius 1 is 1.31 bits per heavy atom. The Morgan fingerprint density at radius 2 is 1.94 bits per heavy atom. The SMILES string of the molecule is CCC1(CC)C(N)CC1c1ccccc1I. The molecule has 88 valence electrons. The maximum absolute atomic E-state index is 6.25. The van der Waals surface area contributed by atoms with Gasteiger partial charge in [0.05, 0.1) is 0 Å². The van der Waals surface area contributed by atoms with Gasteiger partial charge in [-0.1, -0.05) is 32.0 Å². The lowest BCUT2D eigenvalue weighted by Crippen LogP contribution is -2.56. The molecule has 0 radical (unpaired) electrons. The topological polar surface area (TPSA) is 26.0 Å². The Balaban J connectivity index is 2.33. The molecule has 1 aromatic rings. The molecule has 16 heavy (non-hydrogen) atoms. The number of hydrogen-bond acceptors (Lipinski definition) is 1. The minimum atomic E-state index is 0.348. The zero-order valence-corrected chi connectivity index (χ0v) is 12.2. The smallest absolute Gasteiger partial charge is 0.0165 e. The van der Waals surface area contributed by atoms with E-state index in [1.807, 2.05) is 0 Å². The average Bonchev–Trinajstić information content (AvgIpc) is 2.29. The van der Waals surface area contributed by atoms with Gasteiger partial charge in [0, 0.05) is 9.61 Å². The van der Waals surface area contributed by atoms with Gasteiger partial charge in [-0.25, -0.2) is 0 Å². The van der Waals surface area contributed by atoms with Crippen LogP contribution >= 0.6 is 22.6 Å². The van der Waals surface area contributed by atoms with Gasteiger partial charge in [-0.05, 0) is 64.8 Å². The van der Waals surface area contributed by atoms with Gasteiger partial charge in [0.2, 0.25) is 0 Å². The number of hydrogen-bond donors (Lipinski definition) is 1. The summed E-state index contributed by atoms with van der Waals surface area (Å²) in [5, 5.41) is 0. The summed E-state index contributed by atoms with van der Waals surface area (Å²) in [4.78, 5) is 0. The first-order chi connectivity index (χ1) is 7.65. The van der Waals surface area contributed by atoms with Crippen LogP contribution in [0.4, 0.5) is 0 Å². The number of rotatable bonds is 3. The average molecular weight is 329 g/mol. The summed E-state index contributed by atoms with van der Waals surface area (Å²) < 4.78 is 1.39. The lowest BCUT2D eigenvalue weighted by atomic mass is 9.52. The van der Waals surface area contributed by atoms with Crippen LogP contribution in [0.3, 0.4) is 0 Å². The fourth-order valence-electron chi connectivity index (χ4n) is 3.28. The van der Waals surface area contributed by atoms with Gasteiger partial charge >= 0.3 is 0 Å². The van der Waals surface area contributed by atoms with E-state index >= 15 is 0 Å². The molecule has 0 heterocycles. The zero-order chi connectivity index (χ0) is 11.8. The molecule has 1 saturated carbocycles. The third kappa shape index (κ3) is 1.70. The van der Waals surface area contributed by atoms with Crippen LogP contribution in [-0.2, 0) is 0 Å². The summed E-state index contributed by atoms with van der Waals surface area (Å²) in [5.41, 5.74) is 8.11. The van der Waals surface area contributed by atoms with Crippen molar-refractivity contribution in [3.8, 4) is 0 Å². The molecule has 1 aliphatic rings. The Labute approximate surface area is 112 Å². The van der Waals surface area contributed by atoms with E-state index in [0.29, 0.717) is 17.4 Å². The lowest BCUT2D eigenvalue weighted by Gasteiger charge is -2.55. The second kappa shape index (κ2) is 4.65. The molecule has 2 heteroatoms. The summed E-state index contributed by atoms with van der Waals surface area (Å²) in [6, 6.07) is 9.14. The van der Waals surface area contributed by atoms with Crippen molar-refractivity contribution in [2.75, 3.05) is 0 Å². The summed E-state index contributed by atoms with van der Waals surface area (Å²) in [6.07, 6.45) is 3.54. The Bertz CT molecular complexity index is 371. The van der Waals surface area contributed by atoms with Crippen molar-refractivity contribution in [3.05, 3.63) is 33.4 Å². The molecule has 0 saturated heterocycles. The third-order valence-electron chi connectivity index (χ3n) is 4.52. The van der Waals surface area contributed by atoms with E-state index in [2.05, 4.69) is 60.7 Å². The van der Waals surface area contributed by atoms with Crippen molar-refractivity contribution >= 4 is 22.6 Å². The molecule has 2 rings (SSSR count). The minimum Gasteiger partial charge on any atom is -0.327 e. The van der Waals surface area contributed by atoms with E-state index in [9.17, 15) is 0 Å². The molecule has 1 aliphatic carbocycles. The largest absolute Gasteiger partial charge is 0.327 e. The van der Waals surface area contributed by atoms with Crippen molar-refractivity contribution in [2.45, 2.75) is 45.1 Å². The van der Waals surface area contributed by atoms with Crippen molar-refractivity contribution in [3.63, 3.8) is 0 Å². The van der Waals surface area contributed by atoms with Gasteiger partial charge in [0.25, 0.3) is 0 Å². The van der Waals surface area contributed by atoms with E-state index in [1.165, 1.54) is 22.0 Å². The molecular weight excluding hydrogens is 309 g/mol. The molecule has 1 fully saturated rings. The molecule has 0 spiro atoms. The van der Waals surface area contributed by atoms with E-state index in [0.717, 1.165) is 6.42 Å². The molecule has 1 nitrogen and oxygen atoms in total. The van der Waals surface area contributed by atoms with Crippen molar-refractivity contribution in [1.82, 2.24) is 0 Å². The van der Waals surface area contributed by atoms with Crippen molar-refractivity contribution in [1.29, 1.82) is 0 Å². The van der Waals surface area contributed by atoms with Gasteiger partial charge in [0.1, 0.15) is 0 Å². The number of benzene rings is 1. The van der Waals surface area contributed by atoms with Gasteiger partial charge in [-0.15, -0.1) is 0 Å². The monoisotopic (exact) mass is 329 g/mol. The Hall–Kier alpha value is -0.0900. The maximum atomic E-state index is 6.25. The second-order valence-electron chi connectivity index (χ2n) is 4.86. The second-order valence-corrected chi connectivity index (χ2v) is 6.02. The quantitative estimate of drug-likeness (QED) is 0.836. The van der Waals surface area contributed by atoms with E-state index in [4.69, 9.17) is 5.73 Å². The summed E-state index contributed by atoms with van der Waals surface area (Å²) in [6.45, 7) is 4.57. The summed E-state index contributed by atoms with van der Waals surface area (Å²) in [7, 11) is 0. The van der Waals surface area contributed by atoms with Gasteiger partial charge in [-0.2, -0.15) is 0 Å². The first-order valence-corrected chi connectivity index (χ1v) is 7.23. The predicted molar refractivity (Wildman–Crippen MR) is 77.5 cm³/mol. The van der Waals surface area contributed by atoms with Crippen LogP contribution in [0.15, 0.2) is 24.3 Å². The van der Waals surface area contributed by atoms with Gasteiger partial charge in [-0.3, -0.25) is 0 Å². The van der Waals surface area contributed by atoms with E-state index in [1.54, 1.807) is 0 Å². The van der Waals surface area contributed by atoms with Crippen LogP contribution in [0.25, 0.3) is 0 Å². The Kier molecular flexibility index (Phi) is 3.59. The highest BCUT2D eigenvalue weighted by Crippen LogP contribution is 2.56.